The number of nitrogens with two attached hydrogens (primary N) is 2. The van der Waals surface area contributed by atoms with Gasteiger partial charge >= 0.3 is 0 Å². The predicted octanol–water partition coefficient (Wildman–Crippen LogP) is 0.474. The third-order valence-electron chi connectivity index (χ3n) is 3.86. The van der Waals surface area contributed by atoms with Crippen LogP contribution < -0.4 is 11.5 Å². The summed E-state index contributed by atoms with van der Waals surface area (Å²) in [7, 11) is 0. The van der Waals surface area contributed by atoms with Crippen LogP contribution >= 0.6 is 0 Å². The maximum atomic E-state index is 12.1. The highest BCUT2D eigenvalue weighted by molar-refractivity contribution is 5.80. The van der Waals surface area contributed by atoms with Crippen molar-refractivity contribution in [2.45, 2.75) is 45.6 Å². The normalized spacial score (nSPS) is 25.8. The van der Waals surface area contributed by atoms with E-state index in [0.717, 1.165) is 19.3 Å². The minimum absolute atomic E-state index is 0.119. The number of hydrogen-bond donors (Lipinski definition) is 2. The lowest BCUT2D eigenvalue weighted by Crippen LogP contribution is -2.48. The van der Waals surface area contributed by atoms with E-state index < -0.39 is 0 Å². The highest BCUT2D eigenvalue weighted by Gasteiger charge is 2.31. The van der Waals surface area contributed by atoms with Crippen molar-refractivity contribution in [3.63, 3.8) is 0 Å². The van der Waals surface area contributed by atoms with Gasteiger partial charge in [0.25, 0.3) is 0 Å². The molecule has 2 amide bonds. The zero-order valence-electron chi connectivity index (χ0n) is 11.4. The fourth-order valence-electron chi connectivity index (χ4n) is 2.32. The monoisotopic (exact) mass is 255 g/mol. The Kier molecular flexibility index (Phi) is 5.59. The maximum absolute atomic E-state index is 12.1. The summed E-state index contributed by atoms with van der Waals surface area (Å²) in [5.74, 6) is 0.00171. The lowest BCUT2D eigenvalue weighted by molar-refractivity contribution is -0.137. The first-order valence-electron chi connectivity index (χ1n) is 6.74. The van der Waals surface area contributed by atoms with E-state index in [1.165, 1.54) is 0 Å². The second kappa shape index (κ2) is 6.73. The quantitative estimate of drug-likeness (QED) is 0.748. The summed E-state index contributed by atoms with van der Waals surface area (Å²) in [6.45, 7) is 5.15. The zero-order chi connectivity index (χ0) is 13.7. The van der Waals surface area contributed by atoms with Crippen LogP contribution in [0.5, 0.6) is 0 Å². The van der Waals surface area contributed by atoms with Crippen LogP contribution in [0, 0.1) is 11.8 Å². The van der Waals surface area contributed by atoms with Crippen molar-refractivity contribution in [3.8, 4) is 0 Å². The van der Waals surface area contributed by atoms with E-state index in [-0.39, 0.29) is 23.8 Å². The summed E-state index contributed by atoms with van der Waals surface area (Å²) in [5.41, 5.74) is 10.9. The van der Waals surface area contributed by atoms with E-state index in [2.05, 4.69) is 0 Å². The van der Waals surface area contributed by atoms with Crippen molar-refractivity contribution in [1.29, 1.82) is 0 Å². The average molecular weight is 255 g/mol. The average Bonchev–Trinajstić information content (AvgIpc) is 2.35. The number of carbonyl (C=O) groups excluding carboxylic acids is 2. The molecule has 0 radical (unpaired) electrons. The van der Waals surface area contributed by atoms with Gasteiger partial charge in [-0.1, -0.05) is 6.92 Å². The van der Waals surface area contributed by atoms with Gasteiger partial charge in [0.1, 0.15) is 0 Å². The summed E-state index contributed by atoms with van der Waals surface area (Å²) in [6.07, 6.45) is 2.96. The second-order valence-electron chi connectivity index (χ2n) is 5.45. The van der Waals surface area contributed by atoms with Crippen LogP contribution in [0.1, 0.15) is 39.5 Å². The molecule has 3 unspecified atom stereocenters. The molecule has 1 fully saturated rings. The minimum Gasteiger partial charge on any atom is -0.369 e. The zero-order valence-corrected chi connectivity index (χ0v) is 11.4. The van der Waals surface area contributed by atoms with Crippen LogP contribution in [-0.2, 0) is 9.59 Å². The van der Waals surface area contributed by atoms with Gasteiger partial charge < -0.3 is 16.4 Å². The summed E-state index contributed by atoms with van der Waals surface area (Å²) < 4.78 is 0. The molecule has 18 heavy (non-hydrogen) atoms. The first-order chi connectivity index (χ1) is 8.45. The van der Waals surface area contributed by atoms with Gasteiger partial charge in [-0.3, -0.25) is 9.59 Å². The van der Waals surface area contributed by atoms with E-state index in [9.17, 15) is 9.59 Å². The van der Waals surface area contributed by atoms with Crippen LogP contribution in [0.3, 0.4) is 0 Å². The number of piperidine rings is 1. The molecule has 104 valence electrons. The first kappa shape index (κ1) is 15.0. The lowest BCUT2D eigenvalue weighted by atomic mass is 9.92. The van der Waals surface area contributed by atoms with Gasteiger partial charge in [-0.15, -0.1) is 0 Å². The molecule has 1 saturated heterocycles. The molecule has 0 aromatic carbocycles. The number of rotatable bonds is 5. The Labute approximate surface area is 109 Å². The van der Waals surface area contributed by atoms with E-state index in [4.69, 9.17) is 11.5 Å². The molecule has 4 N–H and O–H groups in total. The SMILES string of the molecule is CC(CN)CCC(=O)N1CC(C(N)=O)CCC1C. The number of amides is 2. The van der Waals surface area contributed by atoms with E-state index in [1.54, 1.807) is 0 Å². The molecule has 0 aliphatic carbocycles. The smallest absolute Gasteiger partial charge is 0.222 e. The summed E-state index contributed by atoms with van der Waals surface area (Å²) in [6, 6.07) is 0.210. The molecule has 0 aromatic heterocycles. The van der Waals surface area contributed by atoms with Crippen LogP contribution in [0.4, 0.5) is 0 Å². The van der Waals surface area contributed by atoms with Gasteiger partial charge in [0.15, 0.2) is 0 Å². The molecule has 5 nitrogen and oxygen atoms in total. The molecule has 0 spiro atoms. The van der Waals surface area contributed by atoms with Gasteiger partial charge in [0.05, 0.1) is 5.92 Å². The Morgan fingerprint density at radius 3 is 2.61 bits per heavy atom. The number of likely N-dealkylation sites (tertiary alicyclic amines) is 1. The fraction of sp³-hybridized carbons (Fsp3) is 0.846. The highest BCUT2D eigenvalue weighted by Crippen LogP contribution is 2.23. The fourth-order valence-corrected chi connectivity index (χ4v) is 2.32. The standard InChI is InChI=1S/C13H25N3O2/c1-9(7-14)3-6-12(17)16-8-11(13(15)18)5-4-10(16)2/h9-11H,3-8,14H2,1-2H3,(H2,15,18). The maximum Gasteiger partial charge on any atom is 0.222 e. The largest absolute Gasteiger partial charge is 0.369 e. The third kappa shape index (κ3) is 3.98. The van der Waals surface area contributed by atoms with Crippen molar-refractivity contribution in [3.05, 3.63) is 0 Å². The topological polar surface area (TPSA) is 89.4 Å². The molecule has 1 aliphatic heterocycles. The van der Waals surface area contributed by atoms with Crippen LogP contribution in [0.25, 0.3) is 0 Å². The second-order valence-corrected chi connectivity index (χ2v) is 5.45. The first-order valence-corrected chi connectivity index (χ1v) is 6.74. The Morgan fingerprint density at radius 1 is 1.39 bits per heavy atom. The molecule has 5 heteroatoms. The minimum atomic E-state index is -0.296. The Bertz CT molecular complexity index is 307. The third-order valence-corrected chi connectivity index (χ3v) is 3.86. The van der Waals surface area contributed by atoms with Gasteiger partial charge in [0, 0.05) is 19.0 Å². The summed E-state index contributed by atoms with van der Waals surface area (Å²) >= 11 is 0. The molecule has 1 aliphatic rings. The molecule has 3 atom stereocenters. The van der Waals surface area contributed by atoms with E-state index >= 15 is 0 Å². The van der Waals surface area contributed by atoms with Crippen molar-refractivity contribution in [1.82, 2.24) is 4.90 Å². The number of carbonyl (C=O) groups is 2. The molecular weight excluding hydrogens is 230 g/mol. The van der Waals surface area contributed by atoms with Crippen LogP contribution in [0.15, 0.2) is 0 Å². The summed E-state index contributed by atoms with van der Waals surface area (Å²) in [5, 5.41) is 0. The van der Waals surface area contributed by atoms with Crippen molar-refractivity contribution >= 4 is 11.8 Å². The number of primary amides is 1. The summed E-state index contributed by atoms with van der Waals surface area (Å²) in [4.78, 5) is 25.1. The molecule has 0 aromatic rings. The van der Waals surface area contributed by atoms with Crippen molar-refractivity contribution < 1.29 is 9.59 Å². The van der Waals surface area contributed by atoms with E-state index in [0.29, 0.717) is 25.4 Å². The predicted molar refractivity (Wildman–Crippen MR) is 70.5 cm³/mol. The molecule has 1 rings (SSSR count). The van der Waals surface area contributed by atoms with Crippen molar-refractivity contribution in [2.24, 2.45) is 23.3 Å². The number of hydrogen-bond acceptors (Lipinski definition) is 3. The Morgan fingerprint density at radius 2 is 2.06 bits per heavy atom. The lowest BCUT2D eigenvalue weighted by Gasteiger charge is -2.37. The van der Waals surface area contributed by atoms with Gasteiger partial charge in [-0.25, -0.2) is 0 Å². The Hall–Kier alpha value is -1.10. The Balaban J connectivity index is 2.51. The molecule has 0 bridgehead atoms. The van der Waals surface area contributed by atoms with Crippen LogP contribution in [0.2, 0.25) is 0 Å². The van der Waals surface area contributed by atoms with E-state index in [1.807, 2.05) is 18.7 Å². The molecular formula is C13H25N3O2. The van der Waals surface area contributed by atoms with Crippen molar-refractivity contribution in [2.75, 3.05) is 13.1 Å². The van der Waals surface area contributed by atoms with Gasteiger partial charge in [-0.05, 0) is 38.6 Å². The van der Waals surface area contributed by atoms with Gasteiger partial charge in [-0.2, -0.15) is 0 Å². The number of nitrogens with zero attached hydrogens (tertiary/aromatic N) is 1. The molecule has 1 heterocycles. The van der Waals surface area contributed by atoms with Gasteiger partial charge in [0.2, 0.25) is 11.8 Å². The molecule has 0 saturated carbocycles. The van der Waals surface area contributed by atoms with Crippen LogP contribution in [-0.4, -0.2) is 35.8 Å². The highest BCUT2D eigenvalue weighted by atomic mass is 16.2.